The molecule has 0 atom stereocenters. The van der Waals surface area contributed by atoms with Crippen LogP contribution in [0, 0.1) is 0 Å². The van der Waals surface area contributed by atoms with Gasteiger partial charge in [-0.15, -0.1) is 11.3 Å². The number of piperidine rings is 1. The zero-order valence-corrected chi connectivity index (χ0v) is 17.4. The number of hydrogen-bond acceptors (Lipinski definition) is 5. The summed E-state index contributed by atoms with van der Waals surface area (Å²) in [5, 5.41) is 4.67. The van der Waals surface area contributed by atoms with E-state index in [-0.39, 0.29) is 10.8 Å². The van der Waals surface area contributed by atoms with Crippen molar-refractivity contribution in [2.75, 3.05) is 25.0 Å². The molecule has 0 radical (unpaired) electrons. The second-order valence-corrected chi connectivity index (χ2v) is 9.31. The van der Waals surface area contributed by atoms with E-state index in [4.69, 9.17) is 4.74 Å². The van der Waals surface area contributed by atoms with Gasteiger partial charge in [0.05, 0.1) is 17.2 Å². The second-order valence-electron chi connectivity index (χ2n) is 6.39. The Morgan fingerprint density at radius 1 is 1.25 bits per heavy atom. The number of nitrogens with one attached hydrogen (secondary N) is 1. The third kappa shape index (κ3) is 5.01. The standard InChI is InChI=1S/C20H24N2O4S2/c1-2-26-19-10-9-17(28(24,25)22-12-4-3-5-13-22)15-18(19)21-20(23)11-8-16-7-6-14-27-16/h6-11,14-15H,2-5,12-13H2,1H3,(H,21,23). The predicted octanol–water partition coefficient (Wildman–Crippen LogP) is 3.97. The number of thiophene rings is 1. The lowest BCUT2D eigenvalue weighted by Gasteiger charge is -2.26. The molecule has 1 amide bonds. The molecule has 0 unspecified atom stereocenters. The number of benzene rings is 1. The number of sulfonamides is 1. The van der Waals surface area contributed by atoms with Crippen LogP contribution in [-0.2, 0) is 14.8 Å². The van der Waals surface area contributed by atoms with Crippen LogP contribution in [0.2, 0.25) is 0 Å². The molecule has 2 heterocycles. The Bertz CT molecular complexity index is 931. The molecule has 1 fully saturated rings. The molecule has 6 nitrogen and oxygen atoms in total. The molecule has 1 aromatic heterocycles. The maximum Gasteiger partial charge on any atom is 0.248 e. The monoisotopic (exact) mass is 420 g/mol. The molecule has 0 bridgehead atoms. The van der Waals surface area contributed by atoms with Gasteiger partial charge in [-0.05, 0) is 55.5 Å². The highest BCUT2D eigenvalue weighted by atomic mass is 32.2. The number of carbonyl (C=O) groups is 1. The Kier molecular flexibility index (Phi) is 6.88. The number of carbonyl (C=O) groups excluding carboxylic acids is 1. The van der Waals surface area contributed by atoms with Gasteiger partial charge in [0.2, 0.25) is 15.9 Å². The molecule has 2 aromatic rings. The van der Waals surface area contributed by atoms with Crippen molar-refractivity contribution in [2.45, 2.75) is 31.1 Å². The number of anilines is 1. The highest BCUT2D eigenvalue weighted by Gasteiger charge is 2.26. The largest absolute Gasteiger partial charge is 0.492 e. The molecular formula is C20H24N2O4S2. The van der Waals surface area contributed by atoms with Gasteiger partial charge in [0.1, 0.15) is 5.75 Å². The number of nitrogens with zero attached hydrogens (tertiary/aromatic N) is 1. The van der Waals surface area contributed by atoms with Crippen LogP contribution in [0.3, 0.4) is 0 Å². The van der Waals surface area contributed by atoms with Gasteiger partial charge in [-0.25, -0.2) is 8.42 Å². The van der Waals surface area contributed by atoms with Crippen molar-refractivity contribution in [3.05, 3.63) is 46.7 Å². The Balaban J connectivity index is 1.83. The smallest absolute Gasteiger partial charge is 0.248 e. The fraction of sp³-hybridized carbons (Fsp3) is 0.350. The van der Waals surface area contributed by atoms with Crippen LogP contribution < -0.4 is 10.1 Å². The molecule has 1 aliphatic heterocycles. The van der Waals surface area contributed by atoms with Crippen LogP contribution >= 0.6 is 11.3 Å². The van der Waals surface area contributed by atoms with Crippen LogP contribution in [0.4, 0.5) is 5.69 Å². The van der Waals surface area contributed by atoms with Gasteiger partial charge in [-0.2, -0.15) is 4.31 Å². The Labute approximate surface area is 169 Å². The number of rotatable bonds is 7. The average Bonchev–Trinajstić information content (AvgIpc) is 3.22. The van der Waals surface area contributed by atoms with Gasteiger partial charge < -0.3 is 10.1 Å². The summed E-state index contributed by atoms with van der Waals surface area (Å²) in [6.45, 7) is 3.30. The molecule has 150 valence electrons. The van der Waals surface area contributed by atoms with Crippen LogP contribution in [0.25, 0.3) is 6.08 Å². The molecule has 1 N–H and O–H groups in total. The maximum absolute atomic E-state index is 12.9. The molecule has 1 saturated heterocycles. The minimum Gasteiger partial charge on any atom is -0.492 e. The van der Waals surface area contributed by atoms with E-state index in [1.54, 1.807) is 12.1 Å². The minimum absolute atomic E-state index is 0.162. The SMILES string of the molecule is CCOc1ccc(S(=O)(=O)N2CCCCC2)cc1NC(=O)C=Cc1cccs1. The highest BCUT2D eigenvalue weighted by Crippen LogP contribution is 2.30. The van der Waals surface area contributed by atoms with Gasteiger partial charge in [0.15, 0.2) is 0 Å². The molecule has 28 heavy (non-hydrogen) atoms. The van der Waals surface area contributed by atoms with Crippen LogP contribution in [0.5, 0.6) is 5.75 Å². The zero-order chi connectivity index (χ0) is 20.0. The summed E-state index contributed by atoms with van der Waals surface area (Å²) >= 11 is 1.53. The van der Waals surface area contributed by atoms with E-state index in [9.17, 15) is 13.2 Å². The molecule has 3 rings (SSSR count). The zero-order valence-electron chi connectivity index (χ0n) is 15.8. The fourth-order valence-corrected chi connectivity index (χ4v) is 5.18. The lowest BCUT2D eigenvalue weighted by molar-refractivity contribution is -0.111. The van der Waals surface area contributed by atoms with Crippen LogP contribution in [-0.4, -0.2) is 38.3 Å². The summed E-state index contributed by atoms with van der Waals surface area (Å²) in [6, 6.07) is 8.42. The molecule has 0 aliphatic carbocycles. The normalized spacial score (nSPS) is 15.6. The second kappa shape index (κ2) is 9.36. The van der Waals surface area contributed by atoms with Crippen molar-refractivity contribution in [1.82, 2.24) is 4.31 Å². The van der Waals surface area contributed by atoms with Crippen LogP contribution in [0.15, 0.2) is 46.7 Å². The van der Waals surface area contributed by atoms with Gasteiger partial charge in [0.25, 0.3) is 0 Å². The Hall–Kier alpha value is -2.16. The molecule has 0 saturated carbocycles. The van der Waals surface area contributed by atoms with Crippen molar-refractivity contribution in [3.8, 4) is 5.75 Å². The van der Waals surface area contributed by atoms with Crippen molar-refractivity contribution in [1.29, 1.82) is 0 Å². The van der Waals surface area contributed by atoms with Crippen LogP contribution in [0.1, 0.15) is 31.1 Å². The lowest BCUT2D eigenvalue weighted by atomic mass is 10.2. The molecule has 1 aromatic carbocycles. The summed E-state index contributed by atoms with van der Waals surface area (Å²) in [5.74, 6) is 0.0971. The Morgan fingerprint density at radius 2 is 2.04 bits per heavy atom. The topological polar surface area (TPSA) is 75.7 Å². The summed E-state index contributed by atoms with van der Waals surface area (Å²) in [4.78, 5) is 13.4. The summed E-state index contributed by atoms with van der Waals surface area (Å²) < 4.78 is 32.9. The van der Waals surface area contributed by atoms with Gasteiger partial charge >= 0.3 is 0 Å². The molecule has 1 aliphatic rings. The number of hydrogen-bond donors (Lipinski definition) is 1. The summed E-state index contributed by atoms with van der Waals surface area (Å²) in [5.41, 5.74) is 0.348. The molecule has 8 heteroatoms. The number of amides is 1. The average molecular weight is 421 g/mol. The van der Waals surface area contributed by atoms with Gasteiger partial charge in [-0.1, -0.05) is 12.5 Å². The van der Waals surface area contributed by atoms with E-state index in [0.717, 1.165) is 24.1 Å². The van der Waals surface area contributed by atoms with E-state index < -0.39 is 10.0 Å². The fourth-order valence-electron chi connectivity index (χ4n) is 3.02. The van der Waals surface area contributed by atoms with E-state index in [2.05, 4.69) is 5.32 Å². The van der Waals surface area contributed by atoms with Crippen molar-refractivity contribution >= 4 is 39.0 Å². The summed E-state index contributed by atoms with van der Waals surface area (Å²) in [7, 11) is -3.59. The van der Waals surface area contributed by atoms with E-state index >= 15 is 0 Å². The third-order valence-electron chi connectivity index (χ3n) is 4.40. The highest BCUT2D eigenvalue weighted by molar-refractivity contribution is 7.89. The number of ether oxygens (including phenoxy) is 1. The quantitative estimate of drug-likeness (QED) is 0.688. The van der Waals surface area contributed by atoms with E-state index in [0.29, 0.717) is 31.1 Å². The van der Waals surface area contributed by atoms with Crippen molar-refractivity contribution < 1.29 is 17.9 Å². The maximum atomic E-state index is 12.9. The Morgan fingerprint density at radius 3 is 2.71 bits per heavy atom. The first-order valence-corrected chi connectivity index (χ1v) is 11.6. The van der Waals surface area contributed by atoms with Gasteiger partial charge in [0, 0.05) is 24.0 Å². The van der Waals surface area contributed by atoms with E-state index in [1.165, 1.54) is 33.9 Å². The summed E-state index contributed by atoms with van der Waals surface area (Å²) in [6.07, 6.45) is 5.93. The minimum atomic E-state index is -3.59. The van der Waals surface area contributed by atoms with Crippen molar-refractivity contribution in [2.24, 2.45) is 0 Å². The predicted molar refractivity (Wildman–Crippen MR) is 112 cm³/mol. The van der Waals surface area contributed by atoms with Crippen molar-refractivity contribution in [3.63, 3.8) is 0 Å². The molecule has 0 spiro atoms. The van der Waals surface area contributed by atoms with E-state index in [1.807, 2.05) is 24.4 Å². The molecular weight excluding hydrogens is 396 g/mol. The first kappa shape index (κ1) is 20.6. The lowest BCUT2D eigenvalue weighted by Crippen LogP contribution is -2.35. The third-order valence-corrected chi connectivity index (χ3v) is 7.14. The van der Waals surface area contributed by atoms with Gasteiger partial charge in [-0.3, -0.25) is 4.79 Å². The first-order chi connectivity index (χ1) is 13.5. The first-order valence-electron chi connectivity index (χ1n) is 9.30.